The number of ketones is 1. The van der Waals surface area contributed by atoms with E-state index in [4.69, 9.17) is 4.74 Å². The van der Waals surface area contributed by atoms with Gasteiger partial charge in [0.15, 0.2) is 0 Å². The van der Waals surface area contributed by atoms with Gasteiger partial charge in [-0.1, -0.05) is 18.1 Å². The summed E-state index contributed by atoms with van der Waals surface area (Å²) in [6.07, 6.45) is 12.4. The van der Waals surface area contributed by atoms with Crippen molar-refractivity contribution in [3.63, 3.8) is 0 Å². The average molecular weight is 300 g/mol. The van der Waals surface area contributed by atoms with Gasteiger partial charge >= 0.3 is 0 Å². The second-order valence-electron chi connectivity index (χ2n) is 7.81. The molecule has 0 aromatic carbocycles. The van der Waals surface area contributed by atoms with Gasteiger partial charge in [0.05, 0.1) is 12.9 Å². The highest BCUT2D eigenvalue weighted by Crippen LogP contribution is 2.61. The second-order valence-corrected chi connectivity index (χ2v) is 7.81. The maximum Gasteiger partial charge on any atom is 0.139 e. The first-order valence-electron chi connectivity index (χ1n) is 9.16. The molecular weight excluding hydrogens is 272 g/mol. The van der Waals surface area contributed by atoms with Gasteiger partial charge in [-0.15, -0.1) is 0 Å². The first-order valence-corrected chi connectivity index (χ1v) is 9.16. The van der Waals surface area contributed by atoms with Crippen LogP contribution in [0.4, 0.5) is 0 Å². The van der Waals surface area contributed by atoms with Gasteiger partial charge in [0.2, 0.25) is 0 Å². The summed E-state index contributed by atoms with van der Waals surface area (Å²) in [5, 5.41) is 0. The predicted molar refractivity (Wildman–Crippen MR) is 87.3 cm³/mol. The Hall–Kier alpha value is -1.05. The third-order valence-corrected chi connectivity index (χ3v) is 7.39. The number of fused-ring (bicyclic) bond motifs is 4. The summed E-state index contributed by atoms with van der Waals surface area (Å²) in [7, 11) is 1.80. The van der Waals surface area contributed by atoms with E-state index < -0.39 is 0 Å². The quantitative estimate of drug-likeness (QED) is 0.685. The van der Waals surface area contributed by atoms with Crippen molar-refractivity contribution in [2.24, 2.45) is 23.2 Å². The highest BCUT2D eigenvalue weighted by molar-refractivity contribution is 5.87. The van der Waals surface area contributed by atoms with E-state index in [1.54, 1.807) is 18.3 Å². The number of Topliss-reactive ketones (excluding diaryl/α,β-unsaturated/α-hetero) is 1. The van der Waals surface area contributed by atoms with Crippen molar-refractivity contribution in [3.05, 3.63) is 23.0 Å². The molecule has 2 fully saturated rings. The molecule has 0 spiro atoms. The van der Waals surface area contributed by atoms with Crippen LogP contribution in [0.5, 0.6) is 0 Å². The van der Waals surface area contributed by atoms with E-state index in [2.05, 4.69) is 13.0 Å². The van der Waals surface area contributed by atoms with Crippen molar-refractivity contribution >= 4 is 5.78 Å². The van der Waals surface area contributed by atoms with E-state index in [0.717, 1.165) is 56.1 Å². The Bertz CT molecular complexity index is 556. The van der Waals surface area contributed by atoms with Crippen molar-refractivity contribution in [1.82, 2.24) is 0 Å². The standard InChI is InChI=1S/C20H28O2/c1-3-20-11-10-16-15-7-5-14(22-2)12-13(15)4-6-17(16)18(20)8-9-19(20)21/h5,16-18H,3-4,6-12H2,1-2H3/t16-,17-,18-,20+/m1/s1. The zero-order valence-corrected chi connectivity index (χ0v) is 14.0. The molecule has 0 unspecified atom stereocenters. The topological polar surface area (TPSA) is 26.3 Å². The fraction of sp³-hybridized carbons (Fsp3) is 0.750. The molecule has 0 amide bonds. The van der Waals surface area contributed by atoms with E-state index in [1.807, 2.05) is 0 Å². The van der Waals surface area contributed by atoms with Crippen LogP contribution < -0.4 is 0 Å². The van der Waals surface area contributed by atoms with E-state index in [9.17, 15) is 4.79 Å². The van der Waals surface area contributed by atoms with Gasteiger partial charge < -0.3 is 4.74 Å². The van der Waals surface area contributed by atoms with Gasteiger partial charge in [-0.2, -0.15) is 0 Å². The summed E-state index contributed by atoms with van der Waals surface area (Å²) in [6.45, 7) is 2.25. The third-order valence-electron chi connectivity index (χ3n) is 7.39. The zero-order valence-electron chi connectivity index (χ0n) is 14.0. The predicted octanol–water partition coefficient (Wildman–Crippen LogP) is 4.80. The number of ether oxygens (including phenoxy) is 1. The Kier molecular flexibility index (Phi) is 3.47. The average Bonchev–Trinajstić information content (AvgIpc) is 2.91. The second kappa shape index (κ2) is 5.25. The SMILES string of the molecule is CC[C@]12CC[C@@H]3C4=C(CC[C@H]3[C@H]1CCC2=O)CC(OC)=CC4. The van der Waals surface area contributed by atoms with Crippen LogP contribution in [-0.2, 0) is 9.53 Å². The lowest BCUT2D eigenvalue weighted by molar-refractivity contribution is -0.131. The summed E-state index contributed by atoms with van der Waals surface area (Å²) in [6, 6.07) is 0. The highest BCUT2D eigenvalue weighted by Gasteiger charge is 2.56. The van der Waals surface area contributed by atoms with Gasteiger partial charge in [0.25, 0.3) is 0 Å². The van der Waals surface area contributed by atoms with Crippen LogP contribution in [0.2, 0.25) is 0 Å². The Labute approximate surface area is 134 Å². The fourth-order valence-electron chi connectivity index (χ4n) is 6.27. The Morgan fingerprint density at radius 1 is 1.27 bits per heavy atom. The number of methoxy groups -OCH3 is 1. The number of hydrogen-bond acceptors (Lipinski definition) is 2. The van der Waals surface area contributed by atoms with Gasteiger partial charge in [-0.25, -0.2) is 0 Å². The molecule has 2 saturated carbocycles. The third kappa shape index (κ3) is 1.88. The lowest BCUT2D eigenvalue weighted by Gasteiger charge is -2.50. The van der Waals surface area contributed by atoms with E-state index in [-0.39, 0.29) is 5.41 Å². The fourth-order valence-corrected chi connectivity index (χ4v) is 6.27. The van der Waals surface area contributed by atoms with Gasteiger partial charge in [0, 0.05) is 18.3 Å². The normalized spacial score (nSPS) is 40.7. The number of carbonyl (C=O) groups excluding carboxylic acids is 1. The van der Waals surface area contributed by atoms with Crippen molar-refractivity contribution in [2.75, 3.05) is 7.11 Å². The largest absolute Gasteiger partial charge is 0.501 e. The van der Waals surface area contributed by atoms with Crippen LogP contribution >= 0.6 is 0 Å². The Morgan fingerprint density at radius 3 is 2.91 bits per heavy atom. The van der Waals surface area contributed by atoms with Crippen molar-refractivity contribution in [2.45, 2.75) is 64.7 Å². The van der Waals surface area contributed by atoms with Crippen LogP contribution in [0, 0.1) is 23.2 Å². The molecule has 0 bridgehead atoms. The van der Waals surface area contributed by atoms with Gasteiger partial charge in [-0.3, -0.25) is 4.79 Å². The number of allylic oxidation sites excluding steroid dienone is 3. The van der Waals surface area contributed by atoms with Gasteiger partial charge in [-0.05, 0) is 68.8 Å². The highest BCUT2D eigenvalue weighted by atomic mass is 16.5. The minimum atomic E-state index is 0.0570. The first-order chi connectivity index (χ1) is 10.7. The molecule has 4 aliphatic rings. The molecule has 2 nitrogen and oxygen atoms in total. The van der Waals surface area contributed by atoms with E-state index in [0.29, 0.717) is 11.7 Å². The first kappa shape index (κ1) is 14.5. The smallest absolute Gasteiger partial charge is 0.139 e. The molecule has 120 valence electrons. The lowest BCUT2D eigenvalue weighted by atomic mass is 9.53. The molecular formula is C20H28O2. The van der Waals surface area contributed by atoms with E-state index in [1.165, 1.54) is 19.3 Å². The summed E-state index contributed by atoms with van der Waals surface area (Å²) in [5.41, 5.74) is 3.44. The minimum absolute atomic E-state index is 0.0570. The molecule has 4 rings (SSSR count). The molecule has 0 N–H and O–H groups in total. The van der Waals surface area contributed by atoms with Crippen LogP contribution in [0.3, 0.4) is 0 Å². The summed E-state index contributed by atoms with van der Waals surface area (Å²) in [5.74, 6) is 3.95. The maximum atomic E-state index is 12.6. The number of rotatable bonds is 2. The Morgan fingerprint density at radius 2 is 2.14 bits per heavy atom. The van der Waals surface area contributed by atoms with Crippen LogP contribution in [0.25, 0.3) is 0 Å². The molecule has 0 heterocycles. The number of carbonyl (C=O) groups is 1. The lowest BCUT2D eigenvalue weighted by Crippen LogP contribution is -2.45. The van der Waals surface area contributed by atoms with Crippen molar-refractivity contribution in [3.8, 4) is 0 Å². The summed E-state index contributed by atoms with van der Waals surface area (Å²) in [4.78, 5) is 12.6. The molecule has 0 saturated heterocycles. The molecule has 0 aromatic heterocycles. The van der Waals surface area contributed by atoms with Crippen LogP contribution in [0.15, 0.2) is 23.0 Å². The Balaban J connectivity index is 1.63. The molecule has 22 heavy (non-hydrogen) atoms. The maximum absolute atomic E-state index is 12.6. The molecule has 0 radical (unpaired) electrons. The molecule has 4 aliphatic carbocycles. The van der Waals surface area contributed by atoms with Crippen LogP contribution in [-0.4, -0.2) is 12.9 Å². The van der Waals surface area contributed by atoms with Gasteiger partial charge in [0.1, 0.15) is 5.78 Å². The van der Waals surface area contributed by atoms with E-state index >= 15 is 0 Å². The molecule has 0 aromatic rings. The minimum Gasteiger partial charge on any atom is -0.501 e. The molecule has 4 atom stereocenters. The van der Waals surface area contributed by atoms with Crippen molar-refractivity contribution < 1.29 is 9.53 Å². The van der Waals surface area contributed by atoms with Crippen molar-refractivity contribution in [1.29, 1.82) is 0 Å². The monoisotopic (exact) mass is 300 g/mol. The molecule has 0 aliphatic heterocycles. The summed E-state index contributed by atoms with van der Waals surface area (Å²) >= 11 is 0. The number of hydrogen-bond donors (Lipinski definition) is 0. The summed E-state index contributed by atoms with van der Waals surface area (Å²) < 4.78 is 5.48. The zero-order chi connectivity index (χ0) is 15.3. The van der Waals surface area contributed by atoms with Crippen LogP contribution in [0.1, 0.15) is 64.7 Å². The molecule has 2 heteroatoms.